The van der Waals surface area contributed by atoms with Gasteiger partial charge in [-0.15, -0.1) is 10.2 Å². The van der Waals surface area contributed by atoms with E-state index in [-0.39, 0.29) is 0 Å². The lowest BCUT2D eigenvalue weighted by molar-refractivity contribution is 0.0378. The summed E-state index contributed by atoms with van der Waals surface area (Å²) in [6, 6.07) is 10.0. The predicted octanol–water partition coefficient (Wildman–Crippen LogP) is 3.49. The van der Waals surface area contributed by atoms with E-state index in [0.29, 0.717) is 11.8 Å². The van der Waals surface area contributed by atoms with E-state index in [4.69, 9.17) is 13.9 Å². The van der Waals surface area contributed by atoms with Crippen molar-refractivity contribution in [2.45, 2.75) is 6.42 Å². The molecule has 1 aromatic carbocycles. The molecule has 4 heterocycles. The number of pyridine rings is 2. The topological polar surface area (TPSA) is 98.4 Å². The lowest BCUT2D eigenvalue weighted by Gasteiger charge is -2.26. The number of benzene rings is 1. The number of aromatic nitrogens is 4. The summed E-state index contributed by atoms with van der Waals surface area (Å²) < 4.78 is 16.1. The summed E-state index contributed by atoms with van der Waals surface area (Å²) >= 11 is 0. The van der Waals surface area contributed by atoms with Crippen LogP contribution < -0.4 is 10.1 Å². The molecule has 4 aromatic rings. The molecule has 5 rings (SSSR count). The molecule has 9 heteroatoms. The number of methoxy groups -OCH3 is 1. The van der Waals surface area contributed by atoms with E-state index in [1.807, 2.05) is 30.5 Å². The summed E-state index contributed by atoms with van der Waals surface area (Å²) in [5, 5.41) is 12.6. The monoisotopic (exact) mass is 446 g/mol. The maximum Gasteiger partial charge on any atom is 0.251 e. The van der Waals surface area contributed by atoms with Gasteiger partial charge in [0.15, 0.2) is 0 Å². The Morgan fingerprint density at radius 2 is 1.94 bits per heavy atom. The molecule has 0 bridgehead atoms. The molecule has 1 aliphatic heterocycles. The highest BCUT2D eigenvalue weighted by atomic mass is 16.5. The number of ether oxygens (including phenoxy) is 2. The Labute approximate surface area is 191 Å². The van der Waals surface area contributed by atoms with Crippen LogP contribution in [0.1, 0.15) is 6.42 Å². The molecule has 3 aromatic heterocycles. The summed E-state index contributed by atoms with van der Waals surface area (Å²) in [4.78, 5) is 11.4. The van der Waals surface area contributed by atoms with Crippen molar-refractivity contribution >= 4 is 16.6 Å². The Morgan fingerprint density at radius 1 is 1.06 bits per heavy atom. The second kappa shape index (κ2) is 9.93. The SMILES string of the molecule is COc1ccc(-c2ccc3ncc(-c4nnco4)c(NCCCN4CCOCC4)c3c2)cn1. The second-order valence-corrected chi connectivity index (χ2v) is 7.85. The van der Waals surface area contributed by atoms with Gasteiger partial charge in [-0.1, -0.05) is 6.07 Å². The average molecular weight is 447 g/mol. The van der Waals surface area contributed by atoms with E-state index in [2.05, 4.69) is 36.4 Å². The van der Waals surface area contributed by atoms with Crippen LogP contribution in [-0.4, -0.2) is 71.6 Å². The van der Waals surface area contributed by atoms with Gasteiger partial charge in [-0.2, -0.15) is 0 Å². The number of nitrogens with zero attached hydrogens (tertiary/aromatic N) is 5. The number of fused-ring (bicyclic) bond motifs is 1. The van der Waals surface area contributed by atoms with Crippen LogP contribution in [0.2, 0.25) is 0 Å². The van der Waals surface area contributed by atoms with Crippen LogP contribution in [0.5, 0.6) is 5.88 Å². The van der Waals surface area contributed by atoms with Crippen LogP contribution in [0.4, 0.5) is 5.69 Å². The Kier molecular flexibility index (Phi) is 6.41. The normalized spacial score (nSPS) is 14.5. The number of nitrogens with one attached hydrogen (secondary N) is 1. The molecule has 1 fully saturated rings. The Hall–Kier alpha value is -3.56. The van der Waals surface area contributed by atoms with Gasteiger partial charge in [0.25, 0.3) is 5.89 Å². The third-order valence-electron chi connectivity index (χ3n) is 5.79. The van der Waals surface area contributed by atoms with Crippen molar-refractivity contribution in [3.05, 3.63) is 49.1 Å². The van der Waals surface area contributed by atoms with Crippen molar-refractivity contribution in [1.82, 2.24) is 25.1 Å². The lowest BCUT2D eigenvalue weighted by atomic mass is 10.0. The predicted molar refractivity (Wildman–Crippen MR) is 125 cm³/mol. The van der Waals surface area contributed by atoms with Crippen LogP contribution in [-0.2, 0) is 4.74 Å². The van der Waals surface area contributed by atoms with Gasteiger partial charge < -0.3 is 19.2 Å². The van der Waals surface area contributed by atoms with Crippen LogP contribution in [0.3, 0.4) is 0 Å². The number of morpholine rings is 1. The zero-order valence-electron chi connectivity index (χ0n) is 18.5. The zero-order chi connectivity index (χ0) is 22.5. The third-order valence-corrected chi connectivity index (χ3v) is 5.79. The molecule has 0 amide bonds. The van der Waals surface area contributed by atoms with E-state index < -0.39 is 0 Å². The number of hydrogen-bond donors (Lipinski definition) is 1. The van der Waals surface area contributed by atoms with E-state index in [0.717, 1.165) is 79.1 Å². The maximum atomic E-state index is 5.50. The first-order valence-corrected chi connectivity index (χ1v) is 11.1. The number of hydrogen-bond acceptors (Lipinski definition) is 9. The molecule has 0 spiro atoms. The minimum Gasteiger partial charge on any atom is -0.481 e. The van der Waals surface area contributed by atoms with Gasteiger partial charge in [0.1, 0.15) is 0 Å². The Balaban J connectivity index is 1.45. The first-order valence-electron chi connectivity index (χ1n) is 11.1. The number of rotatable bonds is 8. The van der Waals surface area contributed by atoms with E-state index in [9.17, 15) is 0 Å². The minimum absolute atomic E-state index is 0.441. The van der Waals surface area contributed by atoms with Crippen molar-refractivity contribution in [3.8, 4) is 28.5 Å². The molecule has 170 valence electrons. The van der Waals surface area contributed by atoms with Crippen LogP contribution in [0, 0.1) is 0 Å². The highest BCUT2D eigenvalue weighted by molar-refractivity contribution is 6.00. The van der Waals surface area contributed by atoms with E-state index in [1.54, 1.807) is 13.3 Å². The maximum absolute atomic E-state index is 5.50. The molecule has 1 N–H and O–H groups in total. The summed E-state index contributed by atoms with van der Waals surface area (Å²) in [7, 11) is 1.61. The molecular formula is C24H26N6O3. The molecule has 9 nitrogen and oxygen atoms in total. The largest absolute Gasteiger partial charge is 0.481 e. The van der Waals surface area contributed by atoms with Gasteiger partial charge in [0.2, 0.25) is 12.3 Å². The molecule has 0 unspecified atom stereocenters. The van der Waals surface area contributed by atoms with Crippen molar-refractivity contribution in [2.24, 2.45) is 0 Å². The molecule has 1 aliphatic rings. The fourth-order valence-corrected chi connectivity index (χ4v) is 4.03. The van der Waals surface area contributed by atoms with Gasteiger partial charge >= 0.3 is 0 Å². The molecule has 33 heavy (non-hydrogen) atoms. The molecular weight excluding hydrogens is 420 g/mol. The van der Waals surface area contributed by atoms with Gasteiger partial charge in [-0.05, 0) is 36.7 Å². The zero-order valence-corrected chi connectivity index (χ0v) is 18.5. The van der Waals surface area contributed by atoms with Gasteiger partial charge in [0, 0.05) is 49.0 Å². The van der Waals surface area contributed by atoms with Gasteiger partial charge in [-0.3, -0.25) is 9.88 Å². The van der Waals surface area contributed by atoms with E-state index in [1.165, 1.54) is 6.39 Å². The van der Waals surface area contributed by atoms with E-state index >= 15 is 0 Å². The van der Waals surface area contributed by atoms with Crippen LogP contribution in [0.25, 0.3) is 33.5 Å². The third kappa shape index (κ3) is 4.79. The smallest absolute Gasteiger partial charge is 0.251 e. The quantitative estimate of drug-likeness (QED) is 0.408. The van der Waals surface area contributed by atoms with Crippen molar-refractivity contribution in [1.29, 1.82) is 0 Å². The summed E-state index contributed by atoms with van der Waals surface area (Å²) in [5.41, 5.74) is 4.66. The van der Waals surface area contributed by atoms with Crippen molar-refractivity contribution in [2.75, 3.05) is 51.8 Å². The Bertz CT molecular complexity index is 1190. The summed E-state index contributed by atoms with van der Waals surface area (Å²) in [6.07, 6.45) is 5.94. The van der Waals surface area contributed by atoms with Gasteiger partial charge in [0.05, 0.1) is 37.1 Å². The summed E-state index contributed by atoms with van der Waals surface area (Å²) in [5.74, 6) is 1.03. The molecule has 0 atom stereocenters. The first kappa shape index (κ1) is 21.3. The molecule has 0 saturated carbocycles. The highest BCUT2D eigenvalue weighted by Crippen LogP contribution is 2.35. The van der Waals surface area contributed by atoms with Gasteiger partial charge in [-0.25, -0.2) is 4.98 Å². The van der Waals surface area contributed by atoms with Crippen molar-refractivity contribution < 1.29 is 13.9 Å². The number of anilines is 1. The second-order valence-electron chi connectivity index (χ2n) is 7.85. The van der Waals surface area contributed by atoms with Crippen LogP contribution >= 0.6 is 0 Å². The lowest BCUT2D eigenvalue weighted by Crippen LogP contribution is -2.37. The standard InChI is InChI=1S/C24H26N6O3/c1-31-22-6-4-18(14-27-22)17-3-5-21-19(13-17)23(20(15-26-21)24-29-28-16-33-24)25-7-2-8-30-9-11-32-12-10-30/h3-6,13-16H,2,7-12H2,1H3,(H,25,26). The molecule has 1 saturated heterocycles. The fraction of sp³-hybridized carbons (Fsp3) is 0.333. The Morgan fingerprint density at radius 3 is 2.70 bits per heavy atom. The molecule has 0 aliphatic carbocycles. The molecule has 0 radical (unpaired) electrons. The van der Waals surface area contributed by atoms with Crippen molar-refractivity contribution in [3.63, 3.8) is 0 Å². The minimum atomic E-state index is 0.441. The highest BCUT2D eigenvalue weighted by Gasteiger charge is 2.16. The first-order chi connectivity index (χ1) is 16.3. The fourth-order valence-electron chi connectivity index (χ4n) is 4.03. The average Bonchev–Trinajstić information content (AvgIpc) is 3.42. The van der Waals surface area contributed by atoms with Crippen LogP contribution in [0.15, 0.2) is 53.5 Å². The summed E-state index contributed by atoms with van der Waals surface area (Å²) in [6.45, 7) is 5.44.